The van der Waals surface area contributed by atoms with Crippen molar-refractivity contribution in [1.29, 1.82) is 0 Å². The standard InChI is InChI=1S/C13H16N2O3/c1-18-12-4-2-10(3-5-12)9-15-13(17)11(6-7-16)8-14-15/h2-5,8,14,16H,6-7,9H2,1H3. The summed E-state index contributed by atoms with van der Waals surface area (Å²) in [6, 6.07) is 7.55. The highest BCUT2D eigenvalue weighted by molar-refractivity contribution is 5.27. The van der Waals surface area contributed by atoms with Crippen molar-refractivity contribution in [3.8, 4) is 5.75 Å². The van der Waals surface area contributed by atoms with Gasteiger partial charge in [0, 0.05) is 24.8 Å². The molecule has 18 heavy (non-hydrogen) atoms. The lowest BCUT2D eigenvalue weighted by Crippen LogP contribution is -2.20. The molecule has 0 amide bonds. The first-order valence-electron chi connectivity index (χ1n) is 5.75. The number of aromatic nitrogens is 2. The van der Waals surface area contributed by atoms with Gasteiger partial charge in [0.05, 0.1) is 13.7 Å². The number of nitrogens with one attached hydrogen (secondary N) is 1. The molecule has 0 saturated heterocycles. The molecule has 1 aromatic carbocycles. The summed E-state index contributed by atoms with van der Waals surface area (Å²) in [5, 5.41) is 11.7. The van der Waals surface area contributed by atoms with Crippen LogP contribution in [0.15, 0.2) is 35.3 Å². The van der Waals surface area contributed by atoms with Crippen LogP contribution in [0.25, 0.3) is 0 Å². The number of hydrogen-bond acceptors (Lipinski definition) is 3. The van der Waals surface area contributed by atoms with Gasteiger partial charge in [-0.25, -0.2) is 4.68 Å². The van der Waals surface area contributed by atoms with Crippen LogP contribution in [-0.2, 0) is 13.0 Å². The lowest BCUT2D eigenvalue weighted by Gasteiger charge is -2.03. The monoisotopic (exact) mass is 248 g/mol. The fraction of sp³-hybridized carbons (Fsp3) is 0.308. The smallest absolute Gasteiger partial charge is 0.270 e. The molecule has 5 heteroatoms. The Morgan fingerprint density at radius 2 is 2.06 bits per heavy atom. The molecule has 0 unspecified atom stereocenters. The lowest BCUT2D eigenvalue weighted by atomic mass is 10.2. The normalized spacial score (nSPS) is 10.6. The van der Waals surface area contributed by atoms with E-state index in [9.17, 15) is 4.79 Å². The van der Waals surface area contributed by atoms with Crippen LogP contribution in [0.5, 0.6) is 5.75 Å². The zero-order valence-electron chi connectivity index (χ0n) is 10.2. The van der Waals surface area contributed by atoms with Crippen molar-refractivity contribution in [3.63, 3.8) is 0 Å². The van der Waals surface area contributed by atoms with Gasteiger partial charge in [-0.3, -0.25) is 4.79 Å². The van der Waals surface area contributed by atoms with Gasteiger partial charge in [0.2, 0.25) is 0 Å². The third-order valence-corrected chi connectivity index (χ3v) is 2.80. The Hall–Kier alpha value is -2.01. The quantitative estimate of drug-likeness (QED) is 0.821. The van der Waals surface area contributed by atoms with E-state index in [0.29, 0.717) is 18.5 Å². The molecule has 96 valence electrons. The van der Waals surface area contributed by atoms with Crippen LogP contribution in [0.3, 0.4) is 0 Å². The van der Waals surface area contributed by atoms with Gasteiger partial charge in [-0.1, -0.05) is 12.1 Å². The summed E-state index contributed by atoms with van der Waals surface area (Å²) in [6.45, 7) is 0.462. The van der Waals surface area contributed by atoms with Crippen LogP contribution < -0.4 is 10.3 Å². The van der Waals surface area contributed by atoms with Crippen molar-refractivity contribution in [2.45, 2.75) is 13.0 Å². The number of aromatic amines is 1. The Bertz CT molecular complexity index is 554. The van der Waals surface area contributed by atoms with Crippen LogP contribution >= 0.6 is 0 Å². The van der Waals surface area contributed by atoms with E-state index >= 15 is 0 Å². The van der Waals surface area contributed by atoms with Crippen LogP contribution in [0.2, 0.25) is 0 Å². The van der Waals surface area contributed by atoms with E-state index < -0.39 is 0 Å². The Morgan fingerprint density at radius 1 is 1.33 bits per heavy atom. The summed E-state index contributed by atoms with van der Waals surface area (Å²) in [5.74, 6) is 0.790. The summed E-state index contributed by atoms with van der Waals surface area (Å²) in [4.78, 5) is 11.9. The Labute approximate surface area is 105 Å². The lowest BCUT2D eigenvalue weighted by molar-refractivity contribution is 0.299. The highest BCUT2D eigenvalue weighted by Gasteiger charge is 2.05. The van der Waals surface area contributed by atoms with Gasteiger partial charge in [-0.2, -0.15) is 0 Å². The van der Waals surface area contributed by atoms with Gasteiger partial charge in [0.25, 0.3) is 5.56 Å². The maximum absolute atomic E-state index is 11.9. The van der Waals surface area contributed by atoms with Crippen molar-refractivity contribution < 1.29 is 9.84 Å². The molecule has 0 atom stereocenters. The molecule has 0 aliphatic heterocycles. The summed E-state index contributed by atoms with van der Waals surface area (Å²) in [5.41, 5.74) is 1.53. The predicted molar refractivity (Wildman–Crippen MR) is 67.9 cm³/mol. The molecule has 1 aromatic heterocycles. The Kier molecular flexibility index (Phi) is 3.84. The number of nitrogens with zero attached hydrogens (tertiary/aromatic N) is 1. The minimum atomic E-state index is -0.0835. The number of rotatable bonds is 5. The molecule has 0 aliphatic carbocycles. The minimum Gasteiger partial charge on any atom is -0.497 e. The zero-order valence-corrected chi connectivity index (χ0v) is 10.2. The summed E-state index contributed by atoms with van der Waals surface area (Å²) in [7, 11) is 1.62. The van der Waals surface area contributed by atoms with Gasteiger partial charge < -0.3 is 14.9 Å². The molecule has 0 radical (unpaired) electrons. The topological polar surface area (TPSA) is 67.2 Å². The molecular weight excluding hydrogens is 232 g/mol. The number of hydrogen-bond donors (Lipinski definition) is 2. The molecule has 5 nitrogen and oxygen atoms in total. The second kappa shape index (κ2) is 5.55. The molecule has 0 saturated carbocycles. The van der Waals surface area contributed by atoms with Crippen LogP contribution in [0, 0.1) is 0 Å². The molecular formula is C13H16N2O3. The maximum Gasteiger partial charge on any atom is 0.270 e. The second-order valence-electron chi connectivity index (χ2n) is 4.01. The van der Waals surface area contributed by atoms with E-state index in [0.717, 1.165) is 11.3 Å². The third-order valence-electron chi connectivity index (χ3n) is 2.80. The average Bonchev–Trinajstić information content (AvgIpc) is 2.73. The number of aliphatic hydroxyl groups is 1. The van der Waals surface area contributed by atoms with Crippen molar-refractivity contribution in [1.82, 2.24) is 9.78 Å². The fourth-order valence-electron chi connectivity index (χ4n) is 1.78. The number of aliphatic hydroxyl groups excluding tert-OH is 1. The van der Waals surface area contributed by atoms with E-state index in [1.807, 2.05) is 24.3 Å². The largest absolute Gasteiger partial charge is 0.497 e. The van der Waals surface area contributed by atoms with Crippen LogP contribution in [-0.4, -0.2) is 28.6 Å². The first-order valence-corrected chi connectivity index (χ1v) is 5.75. The molecule has 0 fully saturated rings. The predicted octanol–water partition coefficient (Wildman–Crippen LogP) is 0.768. The van der Waals surface area contributed by atoms with E-state index in [4.69, 9.17) is 9.84 Å². The third kappa shape index (κ3) is 2.62. The van der Waals surface area contributed by atoms with Crippen LogP contribution in [0.4, 0.5) is 0 Å². The van der Waals surface area contributed by atoms with Crippen molar-refractivity contribution >= 4 is 0 Å². The second-order valence-corrected chi connectivity index (χ2v) is 4.01. The SMILES string of the molecule is COc1ccc(Cn2[nH]cc(CCO)c2=O)cc1. The Morgan fingerprint density at radius 3 is 2.67 bits per heavy atom. The average molecular weight is 248 g/mol. The summed E-state index contributed by atoms with van der Waals surface area (Å²) < 4.78 is 6.60. The first-order chi connectivity index (χ1) is 8.74. The molecule has 2 rings (SSSR count). The molecule has 0 aliphatic rings. The fourth-order valence-corrected chi connectivity index (χ4v) is 1.78. The van der Waals surface area contributed by atoms with Crippen molar-refractivity contribution in [2.75, 3.05) is 13.7 Å². The highest BCUT2D eigenvalue weighted by atomic mass is 16.5. The maximum atomic E-state index is 11.9. The van der Waals surface area contributed by atoms with Gasteiger partial charge in [-0.05, 0) is 17.7 Å². The summed E-state index contributed by atoms with van der Waals surface area (Å²) in [6.07, 6.45) is 2.02. The number of H-pyrrole nitrogens is 1. The van der Waals surface area contributed by atoms with Crippen LogP contribution in [0.1, 0.15) is 11.1 Å². The number of methoxy groups -OCH3 is 1. The van der Waals surface area contributed by atoms with Crippen molar-refractivity contribution in [2.24, 2.45) is 0 Å². The first kappa shape index (κ1) is 12.4. The molecule has 1 heterocycles. The summed E-state index contributed by atoms with van der Waals surface area (Å²) >= 11 is 0. The van der Waals surface area contributed by atoms with Gasteiger partial charge in [0.1, 0.15) is 5.75 Å². The van der Waals surface area contributed by atoms with Gasteiger partial charge in [0.15, 0.2) is 0 Å². The number of benzene rings is 1. The molecule has 2 N–H and O–H groups in total. The molecule has 0 bridgehead atoms. The zero-order chi connectivity index (χ0) is 13.0. The number of ether oxygens (including phenoxy) is 1. The highest BCUT2D eigenvalue weighted by Crippen LogP contribution is 2.11. The van der Waals surface area contributed by atoms with E-state index in [-0.39, 0.29) is 12.2 Å². The van der Waals surface area contributed by atoms with E-state index in [1.165, 1.54) is 4.68 Å². The van der Waals surface area contributed by atoms with E-state index in [2.05, 4.69) is 5.10 Å². The van der Waals surface area contributed by atoms with Crippen molar-refractivity contribution in [3.05, 3.63) is 51.9 Å². The molecule has 0 spiro atoms. The molecule has 2 aromatic rings. The van der Waals surface area contributed by atoms with E-state index in [1.54, 1.807) is 13.3 Å². The van der Waals surface area contributed by atoms with Gasteiger partial charge >= 0.3 is 0 Å². The Balaban J connectivity index is 2.15. The minimum absolute atomic E-state index is 0.0182. The van der Waals surface area contributed by atoms with Gasteiger partial charge in [-0.15, -0.1) is 0 Å².